The lowest BCUT2D eigenvalue weighted by atomic mass is 9.98. The molecule has 2 heterocycles. The van der Waals surface area contributed by atoms with Gasteiger partial charge in [-0.1, -0.05) is 60.2 Å². The zero-order valence-electron chi connectivity index (χ0n) is 21.7. The van der Waals surface area contributed by atoms with Crippen molar-refractivity contribution in [2.24, 2.45) is 5.92 Å². The minimum atomic E-state index is -1.13. The van der Waals surface area contributed by atoms with Gasteiger partial charge in [-0.3, -0.25) is 9.59 Å². The van der Waals surface area contributed by atoms with Gasteiger partial charge in [0, 0.05) is 18.6 Å². The number of carbonyl (C=O) groups is 3. The number of furan rings is 1. The molecule has 2 atom stereocenters. The summed E-state index contributed by atoms with van der Waals surface area (Å²) in [4.78, 5) is 40.4. The van der Waals surface area contributed by atoms with E-state index in [1.807, 2.05) is 61.5 Å². The van der Waals surface area contributed by atoms with Crippen LogP contribution in [0, 0.1) is 12.8 Å². The van der Waals surface area contributed by atoms with Crippen molar-refractivity contribution in [3.63, 3.8) is 0 Å². The molecule has 0 spiro atoms. The molecule has 200 valence electrons. The van der Waals surface area contributed by atoms with Gasteiger partial charge in [0.05, 0.1) is 19.3 Å². The van der Waals surface area contributed by atoms with Crippen molar-refractivity contribution >= 4 is 17.8 Å². The number of benzene rings is 2. The lowest BCUT2D eigenvalue weighted by Gasteiger charge is -2.22. The number of rotatable bonds is 12. The Balaban J connectivity index is 1.54. The highest BCUT2D eigenvalue weighted by Crippen LogP contribution is 2.31. The zero-order valence-corrected chi connectivity index (χ0v) is 21.7. The summed E-state index contributed by atoms with van der Waals surface area (Å²) in [6, 6.07) is 18.6. The standard InChI is InChI=1S/C30H33NO7/c1-20-8-6-11-23(16-20)25-18-27(38-26(25)12-7-14-36-15-13-32)28(33)21(2)29(34)31-24(19-37-30(31)35)17-22-9-4-3-5-10-22/h3-6,8-11,16,18,21,24,32H,7,12-15,17,19H2,1-2H3. The third kappa shape index (κ3) is 6.38. The maximum absolute atomic E-state index is 13.4. The van der Waals surface area contributed by atoms with E-state index in [-0.39, 0.29) is 25.6 Å². The van der Waals surface area contributed by atoms with Gasteiger partial charge in [0.1, 0.15) is 18.3 Å². The molecule has 38 heavy (non-hydrogen) atoms. The van der Waals surface area contributed by atoms with Crippen LogP contribution in [-0.2, 0) is 27.1 Å². The number of aryl methyl sites for hydroxylation is 2. The second-order valence-corrected chi connectivity index (χ2v) is 9.47. The number of cyclic esters (lactones) is 1. The van der Waals surface area contributed by atoms with Crippen molar-refractivity contribution in [3.8, 4) is 11.1 Å². The smallest absolute Gasteiger partial charge is 0.417 e. The number of hydrogen-bond acceptors (Lipinski definition) is 7. The van der Waals surface area contributed by atoms with E-state index in [1.54, 1.807) is 6.07 Å². The molecule has 1 aliphatic heterocycles. The van der Waals surface area contributed by atoms with Crippen molar-refractivity contribution < 1.29 is 33.4 Å². The van der Waals surface area contributed by atoms with E-state index in [0.717, 1.165) is 27.2 Å². The van der Waals surface area contributed by atoms with Gasteiger partial charge in [0.15, 0.2) is 5.76 Å². The predicted molar refractivity (Wildman–Crippen MR) is 141 cm³/mol. The first-order valence-electron chi connectivity index (χ1n) is 12.9. The number of nitrogens with zero attached hydrogens (tertiary/aromatic N) is 1. The van der Waals surface area contributed by atoms with Crippen LogP contribution in [0.5, 0.6) is 0 Å². The van der Waals surface area contributed by atoms with Crippen LogP contribution in [0.25, 0.3) is 11.1 Å². The van der Waals surface area contributed by atoms with E-state index in [9.17, 15) is 14.4 Å². The quantitative estimate of drug-likeness (QED) is 0.212. The molecule has 2 aromatic carbocycles. The Morgan fingerprint density at radius 3 is 2.63 bits per heavy atom. The molecule has 1 fully saturated rings. The summed E-state index contributed by atoms with van der Waals surface area (Å²) in [6.45, 7) is 4.22. The molecule has 0 bridgehead atoms. The van der Waals surface area contributed by atoms with E-state index in [1.165, 1.54) is 6.92 Å². The summed E-state index contributed by atoms with van der Waals surface area (Å²) < 4.78 is 16.6. The zero-order chi connectivity index (χ0) is 27.1. The lowest BCUT2D eigenvalue weighted by Crippen LogP contribution is -2.44. The Morgan fingerprint density at radius 1 is 1.11 bits per heavy atom. The monoisotopic (exact) mass is 519 g/mol. The maximum Gasteiger partial charge on any atom is 0.417 e. The van der Waals surface area contributed by atoms with Gasteiger partial charge in [-0.15, -0.1) is 0 Å². The second kappa shape index (κ2) is 12.7. The average molecular weight is 520 g/mol. The molecule has 3 aromatic rings. The predicted octanol–water partition coefficient (Wildman–Crippen LogP) is 4.61. The Bertz CT molecular complexity index is 1270. The molecule has 1 aliphatic rings. The van der Waals surface area contributed by atoms with Crippen molar-refractivity contribution in [3.05, 3.63) is 83.3 Å². The Kier molecular flexibility index (Phi) is 9.10. The van der Waals surface area contributed by atoms with Crippen LogP contribution in [0.4, 0.5) is 4.79 Å². The minimum Gasteiger partial charge on any atom is -0.457 e. The van der Waals surface area contributed by atoms with Crippen molar-refractivity contribution in [2.45, 2.75) is 39.2 Å². The Hall–Kier alpha value is -3.75. The number of carbonyl (C=O) groups excluding carboxylic acids is 3. The maximum atomic E-state index is 13.4. The molecular formula is C30H33NO7. The van der Waals surface area contributed by atoms with E-state index < -0.39 is 29.7 Å². The summed E-state index contributed by atoms with van der Waals surface area (Å²) in [5.41, 5.74) is 3.72. The first kappa shape index (κ1) is 27.3. The molecule has 0 radical (unpaired) electrons. The summed E-state index contributed by atoms with van der Waals surface area (Å²) >= 11 is 0. The van der Waals surface area contributed by atoms with Crippen LogP contribution in [0.3, 0.4) is 0 Å². The summed E-state index contributed by atoms with van der Waals surface area (Å²) in [6.07, 6.45) is 0.857. The summed E-state index contributed by atoms with van der Waals surface area (Å²) in [5, 5.41) is 8.91. The molecule has 1 saturated heterocycles. The van der Waals surface area contributed by atoms with E-state index in [2.05, 4.69) is 0 Å². The van der Waals surface area contributed by atoms with Crippen LogP contribution in [-0.4, -0.2) is 60.3 Å². The number of amides is 2. The first-order chi connectivity index (χ1) is 18.4. The van der Waals surface area contributed by atoms with Gasteiger partial charge in [-0.05, 0) is 43.9 Å². The number of Topliss-reactive ketones (excluding diaryl/α,β-unsaturated/α-hetero) is 1. The minimum absolute atomic E-state index is 0.0450. The first-order valence-corrected chi connectivity index (χ1v) is 12.9. The third-order valence-corrected chi connectivity index (χ3v) is 6.59. The Labute approximate surface area is 222 Å². The van der Waals surface area contributed by atoms with Crippen LogP contribution in [0.1, 0.15) is 40.8 Å². The molecule has 0 aliphatic carbocycles. The van der Waals surface area contributed by atoms with Gasteiger partial charge < -0.3 is 19.0 Å². The molecule has 2 unspecified atom stereocenters. The van der Waals surface area contributed by atoms with Crippen molar-refractivity contribution in [1.82, 2.24) is 4.90 Å². The number of ether oxygens (including phenoxy) is 2. The number of ketones is 1. The summed E-state index contributed by atoms with van der Waals surface area (Å²) in [5.74, 6) is -1.54. The van der Waals surface area contributed by atoms with E-state index in [0.29, 0.717) is 31.6 Å². The number of aliphatic hydroxyl groups is 1. The number of aliphatic hydroxyl groups excluding tert-OH is 1. The fourth-order valence-corrected chi connectivity index (χ4v) is 4.60. The highest BCUT2D eigenvalue weighted by molar-refractivity contribution is 6.12. The second-order valence-electron chi connectivity index (χ2n) is 9.47. The molecule has 8 heteroatoms. The van der Waals surface area contributed by atoms with Gasteiger partial charge in [0.2, 0.25) is 11.7 Å². The molecule has 0 saturated carbocycles. The highest BCUT2D eigenvalue weighted by atomic mass is 16.6. The normalized spacial score (nSPS) is 15.9. The fraction of sp³-hybridized carbons (Fsp3) is 0.367. The molecule has 1 aromatic heterocycles. The average Bonchev–Trinajstić information content (AvgIpc) is 3.51. The molecule has 8 nitrogen and oxygen atoms in total. The SMILES string of the molecule is Cc1cccc(-c2cc(C(=O)C(C)C(=O)N3C(=O)OCC3Cc3ccccc3)oc2CCCOCCO)c1. The van der Waals surface area contributed by atoms with Gasteiger partial charge >= 0.3 is 6.09 Å². The number of imide groups is 1. The van der Waals surface area contributed by atoms with Crippen LogP contribution < -0.4 is 0 Å². The largest absolute Gasteiger partial charge is 0.457 e. The van der Waals surface area contributed by atoms with Crippen LogP contribution in [0.15, 0.2) is 65.1 Å². The molecular weight excluding hydrogens is 486 g/mol. The topological polar surface area (TPSA) is 106 Å². The van der Waals surface area contributed by atoms with Gasteiger partial charge in [-0.2, -0.15) is 0 Å². The van der Waals surface area contributed by atoms with E-state index >= 15 is 0 Å². The third-order valence-electron chi connectivity index (χ3n) is 6.59. The number of hydrogen-bond donors (Lipinski definition) is 1. The Morgan fingerprint density at radius 2 is 1.89 bits per heavy atom. The van der Waals surface area contributed by atoms with Crippen LogP contribution in [0.2, 0.25) is 0 Å². The van der Waals surface area contributed by atoms with Crippen molar-refractivity contribution in [1.29, 1.82) is 0 Å². The van der Waals surface area contributed by atoms with E-state index in [4.69, 9.17) is 19.0 Å². The highest BCUT2D eigenvalue weighted by Gasteiger charge is 2.42. The van der Waals surface area contributed by atoms with Crippen molar-refractivity contribution in [2.75, 3.05) is 26.4 Å². The molecule has 4 rings (SSSR count). The fourth-order valence-electron chi connectivity index (χ4n) is 4.60. The molecule has 2 amide bonds. The van der Waals surface area contributed by atoms with Crippen LogP contribution >= 0.6 is 0 Å². The lowest BCUT2D eigenvalue weighted by molar-refractivity contribution is -0.131. The van der Waals surface area contributed by atoms with Gasteiger partial charge in [-0.25, -0.2) is 9.69 Å². The summed E-state index contributed by atoms with van der Waals surface area (Å²) in [7, 11) is 0. The molecule has 1 N–H and O–H groups in total. The van der Waals surface area contributed by atoms with Gasteiger partial charge in [0.25, 0.3) is 0 Å².